The molecule has 0 radical (unpaired) electrons. The zero-order chi connectivity index (χ0) is 13.2. The van der Waals surface area contributed by atoms with Crippen LogP contribution in [0.4, 0.5) is 0 Å². The topological polar surface area (TPSA) is 44.5 Å². The van der Waals surface area contributed by atoms with Crippen molar-refractivity contribution in [3.63, 3.8) is 0 Å². The van der Waals surface area contributed by atoms with Gasteiger partial charge >= 0.3 is 0 Å². The summed E-state index contributed by atoms with van der Waals surface area (Å²) in [6.45, 7) is 7.16. The Kier molecular flexibility index (Phi) is 3.49. The first kappa shape index (κ1) is 12.8. The molecule has 2 rings (SSSR count). The Balaban J connectivity index is 1.97. The molecule has 18 heavy (non-hydrogen) atoms. The lowest BCUT2D eigenvalue weighted by molar-refractivity contribution is 0.328. The molecule has 1 aliphatic heterocycles. The molecule has 1 aliphatic rings. The Morgan fingerprint density at radius 3 is 2.94 bits per heavy atom. The van der Waals surface area contributed by atoms with Gasteiger partial charge in [0.25, 0.3) is 0 Å². The van der Waals surface area contributed by atoms with Gasteiger partial charge in [-0.3, -0.25) is 0 Å². The third-order valence-corrected chi connectivity index (χ3v) is 2.58. The van der Waals surface area contributed by atoms with Gasteiger partial charge < -0.3 is 15.2 Å². The molecule has 0 aromatic heterocycles. The Hall–Kier alpha value is -1.66. The first-order valence-corrected chi connectivity index (χ1v) is 6.11. The van der Waals surface area contributed by atoms with E-state index in [0.717, 1.165) is 17.1 Å². The average Bonchev–Trinajstić information content (AvgIpc) is 2.65. The van der Waals surface area contributed by atoms with Crippen LogP contribution in [0.1, 0.15) is 32.4 Å². The second kappa shape index (κ2) is 4.91. The van der Waals surface area contributed by atoms with Crippen molar-refractivity contribution in [1.29, 1.82) is 0 Å². The molecule has 2 N–H and O–H groups in total. The van der Waals surface area contributed by atoms with Gasteiger partial charge in [-0.25, -0.2) is 0 Å². The molecular weight excluding hydrogens is 226 g/mol. The fourth-order valence-corrected chi connectivity index (χ4v) is 1.73. The van der Waals surface area contributed by atoms with E-state index in [1.54, 1.807) is 0 Å². The van der Waals surface area contributed by atoms with E-state index in [9.17, 15) is 0 Å². The molecule has 1 heterocycles. The van der Waals surface area contributed by atoms with Crippen molar-refractivity contribution in [2.75, 3.05) is 13.2 Å². The summed E-state index contributed by atoms with van der Waals surface area (Å²) in [4.78, 5) is 0. The summed E-state index contributed by atoms with van der Waals surface area (Å²) in [5.74, 6) is 7.73. The maximum absolute atomic E-state index is 5.88. The van der Waals surface area contributed by atoms with Gasteiger partial charge in [-0.05, 0) is 32.9 Å². The monoisotopic (exact) mass is 245 g/mol. The van der Waals surface area contributed by atoms with Gasteiger partial charge in [0.1, 0.15) is 24.7 Å². The summed E-state index contributed by atoms with van der Waals surface area (Å²) >= 11 is 0. The van der Waals surface area contributed by atoms with Gasteiger partial charge in [0.05, 0.1) is 6.04 Å². The highest BCUT2D eigenvalue weighted by Gasteiger charge is 2.20. The van der Waals surface area contributed by atoms with Gasteiger partial charge in [0.15, 0.2) is 0 Å². The van der Waals surface area contributed by atoms with Crippen LogP contribution in [-0.2, 0) is 0 Å². The third kappa shape index (κ3) is 3.18. The molecule has 0 spiro atoms. The maximum atomic E-state index is 5.88. The average molecular weight is 245 g/mol. The molecule has 0 amide bonds. The molecule has 1 atom stereocenters. The number of hydrogen-bond donors (Lipinski definition) is 1. The Morgan fingerprint density at radius 1 is 1.44 bits per heavy atom. The summed E-state index contributed by atoms with van der Waals surface area (Å²) in [5.41, 5.74) is 6.93. The van der Waals surface area contributed by atoms with Gasteiger partial charge in [0, 0.05) is 17.0 Å². The predicted octanol–water partition coefficient (Wildman–Crippen LogP) is 2.51. The molecule has 0 aliphatic carbocycles. The molecule has 0 saturated heterocycles. The standard InChI is InChI=1S/C15H19NO2/c1-15(2,3)7-4-8-17-11-5-6-12-13(16)10-18-14(12)9-11/h5-6,9,13H,8,10,16H2,1-3H3. The molecule has 0 saturated carbocycles. The predicted molar refractivity (Wildman–Crippen MR) is 71.6 cm³/mol. The Morgan fingerprint density at radius 2 is 2.22 bits per heavy atom. The van der Waals surface area contributed by atoms with Crippen molar-refractivity contribution in [3.8, 4) is 23.3 Å². The van der Waals surface area contributed by atoms with E-state index in [1.807, 2.05) is 18.2 Å². The molecule has 96 valence electrons. The normalized spacial score (nSPS) is 17.4. The van der Waals surface area contributed by atoms with Crippen LogP contribution in [0.2, 0.25) is 0 Å². The second-order valence-electron chi connectivity index (χ2n) is 5.46. The zero-order valence-corrected chi connectivity index (χ0v) is 11.1. The van der Waals surface area contributed by atoms with Crippen LogP contribution in [0.3, 0.4) is 0 Å². The summed E-state index contributed by atoms with van der Waals surface area (Å²) < 4.78 is 11.0. The largest absolute Gasteiger partial charge is 0.491 e. The fraction of sp³-hybridized carbons (Fsp3) is 0.467. The molecule has 1 unspecified atom stereocenters. The highest BCUT2D eigenvalue weighted by molar-refractivity contribution is 5.44. The zero-order valence-electron chi connectivity index (χ0n) is 11.1. The number of fused-ring (bicyclic) bond motifs is 1. The smallest absolute Gasteiger partial charge is 0.149 e. The number of rotatable bonds is 2. The first-order chi connectivity index (χ1) is 8.46. The lowest BCUT2D eigenvalue weighted by Gasteiger charge is -2.08. The SMILES string of the molecule is CC(C)(C)C#CCOc1ccc2c(c1)OCC2N. The van der Waals surface area contributed by atoms with E-state index < -0.39 is 0 Å². The van der Waals surface area contributed by atoms with E-state index >= 15 is 0 Å². The first-order valence-electron chi connectivity index (χ1n) is 6.11. The highest BCUT2D eigenvalue weighted by Crippen LogP contribution is 2.33. The Bertz CT molecular complexity index is 491. The third-order valence-electron chi connectivity index (χ3n) is 2.58. The number of nitrogens with two attached hydrogens (primary N) is 1. The molecule has 0 fully saturated rings. The lowest BCUT2D eigenvalue weighted by Crippen LogP contribution is -2.10. The van der Waals surface area contributed by atoms with Crippen molar-refractivity contribution < 1.29 is 9.47 Å². The number of hydrogen-bond acceptors (Lipinski definition) is 3. The van der Waals surface area contributed by atoms with Gasteiger partial charge in [-0.15, -0.1) is 0 Å². The van der Waals surface area contributed by atoms with Crippen LogP contribution in [0.5, 0.6) is 11.5 Å². The van der Waals surface area contributed by atoms with Crippen molar-refractivity contribution in [2.24, 2.45) is 11.1 Å². The van der Waals surface area contributed by atoms with Crippen LogP contribution >= 0.6 is 0 Å². The van der Waals surface area contributed by atoms with E-state index in [0.29, 0.717) is 13.2 Å². The molecular formula is C15H19NO2. The van der Waals surface area contributed by atoms with Crippen molar-refractivity contribution >= 4 is 0 Å². The summed E-state index contributed by atoms with van der Waals surface area (Å²) in [5, 5.41) is 0. The molecule has 1 aromatic rings. The second-order valence-corrected chi connectivity index (χ2v) is 5.46. The van der Waals surface area contributed by atoms with Crippen LogP contribution in [0, 0.1) is 17.3 Å². The minimum atomic E-state index is -0.0188. The van der Waals surface area contributed by atoms with Crippen LogP contribution in [-0.4, -0.2) is 13.2 Å². The minimum absolute atomic E-state index is 0.0111. The molecule has 3 heteroatoms. The molecule has 0 bridgehead atoms. The summed E-state index contributed by atoms with van der Waals surface area (Å²) in [6.07, 6.45) is 0. The Labute approximate surface area is 108 Å². The minimum Gasteiger partial charge on any atom is -0.491 e. The number of ether oxygens (including phenoxy) is 2. The molecule has 3 nitrogen and oxygen atoms in total. The van der Waals surface area contributed by atoms with E-state index in [1.165, 1.54) is 0 Å². The van der Waals surface area contributed by atoms with Crippen molar-refractivity contribution in [1.82, 2.24) is 0 Å². The lowest BCUT2D eigenvalue weighted by atomic mass is 9.98. The summed E-state index contributed by atoms with van der Waals surface area (Å²) in [7, 11) is 0. The van der Waals surface area contributed by atoms with E-state index in [4.69, 9.17) is 15.2 Å². The molecule has 1 aromatic carbocycles. The van der Waals surface area contributed by atoms with Gasteiger partial charge in [-0.2, -0.15) is 0 Å². The van der Waals surface area contributed by atoms with E-state index in [2.05, 4.69) is 32.6 Å². The van der Waals surface area contributed by atoms with Crippen molar-refractivity contribution in [2.45, 2.75) is 26.8 Å². The maximum Gasteiger partial charge on any atom is 0.149 e. The number of benzene rings is 1. The quantitative estimate of drug-likeness (QED) is 0.814. The van der Waals surface area contributed by atoms with Gasteiger partial charge in [0.2, 0.25) is 0 Å². The fourth-order valence-electron chi connectivity index (χ4n) is 1.73. The van der Waals surface area contributed by atoms with Crippen molar-refractivity contribution in [3.05, 3.63) is 23.8 Å². The van der Waals surface area contributed by atoms with E-state index in [-0.39, 0.29) is 11.5 Å². The van der Waals surface area contributed by atoms with Gasteiger partial charge in [-0.1, -0.05) is 11.8 Å². The van der Waals surface area contributed by atoms with Crippen LogP contribution in [0.25, 0.3) is 0 Å². The summed E-state index contributed by atoms with van der Waals surface area (Å²) in [6, 6.07) is 5.72. The van der Waals surface area contributed by atoms with Crippen LogP contribution in [0.15, 0.2) is 18.2 Å². The highest BCUT2D eigenvalue weighted by atomic mass is 16.5. The van der Waals surface area contributed by atoms with Crippen LogP contribution < -0.4 is 15.2 Å².